The minimum atomic E-state index is -0.226. The van der Waals surface area contributed by atoms with E-state index < -0.39 is 0 Å². The van der Waals surface area contributed by atoms with E-state index in [1.54, 1.807) is 18.5 Å². The normalized spacial score (nSPS) is 17.7. The van der Waals surface area contributed by atoms with Crippen molar-refractivity contribution >= 4 is 23.2 Å². The summed E-state index contributed by atoms with van der Waals surface area (Å²) in [5.41, 5.74) is 3.19. The third kappa shape index (κ3) is 4.12. The van der Waals surface area contributed by atoms with Gasteiger partial charge in [-0.3, -0.25) is 4.79 Å². The first-order valence-corrected chi connectivity index (χ1v) is 11.8. The zero-order chi connectivity index (χ0) is 22.9. The third-order valence-corrected chi connectivity index (χ3v) is 6.99. The molecule has 0 atom stereocenters. The fourth-order valence-corrected chi connectivity index (χ4v) is 5.14. The van der Waals surface area contributed by atoms with Crippen LogP contribution >= 0.6 is 0 Å². The first kappa shape index (κ1) is 21.6. The lowest BCUT2D eigenvalue weighted by Gasteiger charge is -2.40. The average Bonchev–Trinajstić information content (AvgIpc) is 3.31. The second kappa shape index (κ2) is 8.96. The number of carbonyl (C=O) groups is 1. The van der Waals surface area contributed by atoms with Crippen LogP contribution in [0, 0.1) is 18.7 Å². The zero-order valence-corrected chi connectivity index (χ0v) is 19.2. The Labute approximate surface area is 193 Å². The molecule has 1 amide bonds. The molecule has 5 rings (SSSR count). The van der Waals surface area contributed by atoms with E-state index >= 15 is 0 Å². The maximum atomic E-state index is 13.2. The summed E-state index contributed by atoms with van der Waals surface area (Å²) in [4.78, 5) is 28.6. The fraction of sp³-hybridized carbons (Fsp3) is 0.500. The largest absolute Gasteiger partial charge is 0.368 e. The highest BCUT2D eigenvalue weighted by Crippen LogP contribution is 2.29. The quantitative estimate of drug-likeness (QED) is 0.608. The third-order valence-electron chi connectivity index (χ3n) is 6.99. The van der Waals surface area contributed by atoms with Crippen LogP contribution in [0.3, 0.4) is 0 Å². The minimum absolute atomic E-state index is 0.0536. The second-order valence-corrected chi connectivity index (χ2v) is 8.87. The molecule has 3 aromatic rings. The molecular weight excluding hydrogens is 421 g/mol. The summed E-state index contributed by atoms with van der Waals surface area (Å²) < 4.78 is 15.0. The molecule has 9 heteroatoms. The topological polar surface area (TPSA) is 69.9 Å². The minimum Gasteiger partial charge on any atom is -0.368 e. The lowest BCUT2D eigenvalue weighted by atomic mass is 9.94. The number of aryl methyl sites for hydroxylation is 1. The van der Waals surface area contributed by atoms with E-state index in [1.807, 2.05) is 16.3 Å². The molecule has 0 aliphatic carbocycles. The number of fused-ring (bicyclic) bond motifs is 1. The van der Waals surface area contributed by atoms with E-state index in [9.17, 15) is 9.18 Å². The van der Waals surface area contributed by atoms with Gasteiger partial charge in [0.1, 0.15) is 18.0 Å². The van der Waals surface area contributed by atoms with Crippen LogP contribution in [0.2, 0.25) is 0 Å². The molecule has 1 aromatic carbocycles. The number of aromatic nitrogens is 4. The van der Waals surface area contributed by atoms with E-state index in [0.717, 1.165) is 62.6 Å². The van der Waals surface area contributed by atoms with Crippen molar-refractivity contribution in [2.24, 2.45) is 5.92 Å². The van der Waals surface area contributed by atoms with Crippen LogP contribution in [0.4, 0.5) is 15.9 Å². The predicted molar refractivity (Wildman–Crippen MR) is 125 cm³/mol. The number of piperazine rings is 1. The maximum Gasteiger partial charge on any atom is 0.254 e. The molecule has 0 saturated carbocycles. The summed E-state index contributed by atoms with van der Waals surface area (Å²) in [5.74, 6) is 1.78. The summed E-state index contributed by atoms with van der Waals surface area (Å²) >= 11 is 0. The predicted octanol–water partition coefficient (Wildman–Crippen LogP) is 2.70. The first-order valence-electron chi connectivity index (χ1n) is 11.8. The van der Waals surface area contributed by atoms with Gasteiger partial charge < -0.3 is 14.7 Å². The van der Waals surface area contributed by atoms with Gasteiger partial charge in [0.2, 0.25) is 5.91 Å². The van der Waals surface area contributed by atoms with Gasteiger partial charge in [-0.15, -0.1) is 0 Å². The number of amides is 1. The van der Waals surface area contributed by atoms with Gasteiger partial charge in [-0.2, -0.15) is 14.6 Å². The van der Waals surface area contributed by atoms with Crippen LogP contribution < -0.4 is 9.80 Å². The van der Waals surface area contributed by atoms with Crippen molar-refractivity contribution in [1.29, 1.82) is 0 Å². The number of hydrogen-bond donors (Lipinski definition) is 0. The lowest BCUT2D eigenvalue weighted by Crippen LogP contribution is -2.51. The van der Waals surface area contributed by atoms with Crippen molar-refractivity contribution < 1.29 is 9.18 Å². The Balaban J connectivity index is 1.21. The van der Waals surface area contributed by atoms with Crippen LogP contribution in [-0.4, -0.2) is 69.7 Å². The molecule has 0 bridgehead atoms. The van der Waals surface area contributed by atoms with Crippen LogP contribution in [0.5, 0.6) is 0 Å². The Bertz CT molecular complexity index is 1130. The van der Waals surface area contributed by atoms with Gasteiger partial charge in [-0.05, 0) is 50.5 Å². The number of benzene rings is 1. The standard InChI is InChI=1S/C24H30FN7O/c1-3-21-17(2)28-24-26-16-27-32(24)22(21)30-10-8-18(9-11-30)23(33)31-14-12-29(13-15-31)20-6-4-19(25)5-7-20/h4-7,16,18H,3,8-15H2,1-2H3. The van der Waals surface area contributed by atoms with Crippen molar-refractivity contribution in [2.75, 3.05) is 49.1 Å². The van der Waals surface area contributed by atoms with Crippen LogP contribution in [-0.2, 0) is 11.2 Å². The highest BCUT2D eigenvalue weighted by Gasteiger charge is 2.32. The summed E-state index contributed by atoms with van der Waals surface area (Å²) in [6, 6.07) is 6.59. The summed E-state index contributed by atoms with van der Waals surface area (Å²) in [6.07, 6.45) is 4.09. The van der Waals surface area contributed by atoms with Crippen molar-refractivity contribution in [2.45, 2.75) is 33.1 Å². The van der Waals surface area contributed by atoms with Crippen molar-refractivity contribution in [1.82, 2.24) is 24.5 Å². The smallest absolute Gasteiger partial charge is 0.254 e. The molecule has 2 saturated heterocycles. The maximum absolute atomic E-state index is 13.2. The van der Waals surface area contributed by atoms with Gasteiger partial charge in [-0.1, -0.05) is 6.92 Å². The molecule has 2 aliphatic rings. The van der Waals surface area contributed by atoms with Gasteiger partial charge in [0.15, 0.2) is 0 Å². The number of nitrogens with zero attached hydrogens (tertiary/aromatic N) is 7. The highest BCUT2D eigenvalue weighted by molar-refractivity contribution is 5.79. The zero-order valence-electron chi connectivity index (χ0n) is 19.2. The number of hydrogen-bond acceptors (Lipinski definition) is 6. The average molecular weight is 452 g/mol. The highest BCUT2D eigenvalue weighted by atomic mass is 19.1. The first-order chi connectivity index (χ1) is 16.0. The number of carbonyl (C=O) groups excluding carboxylic acids is 1. The summed E-state index contributed by atoms with van der Waals surface area (Å²) in [7, 11) is 0. The molecule has 0 radical (unpaired) electrons. The molecule has 4 heterocycles. The molecule has 0 N–H and O–H groups in total. The Morgan fingerprint density at radius 3 is 2.39 bits per heavy atom. The molecule has 8 nitrogen and oxygen atoms in total. The molecule has 0 unspecified atom stereocenters. The van der Waals surface area contributed by atoms with E-state index in [0.29, 0.717) is 18.9 Å². The van der Waals surface area contributed by atoms with Crippen molar-refractivity contribution in [3.05, 3.63) is 47.7 Å². The Morgan fingerprint density at radius 1 is 1.03 bits per heavy atom. The molecule has 0 spiro atoms. The Hall–Kier alpha value is -3.23. The molecular formula is C24H30FN7O. The number of piperidine rings is 1. The van der Waals surface area contributed by atoms with Crippen molar-refractivity contribution in [3.8, 4) is 0 Å². The number of rotatable bonds is 4. The van der Waals surface area contributed by atoms with Crippen LogP contribution in [0.25, 0.3) is 5.78 Å². The van der Waals surface area contributed by atoms with E-state index in [1.165, 1.54) is 17.7 Å². The molecule has 2 aromatic heterocycles. The van der Waals surface area contributed by atoms with Crippen LogP contribution in [0.15, 0.2) is 30.6 Å². The van der Waals surface area contributed by atoms with Gasteiger partial charge >= 0.3 is 0 Å². The van der Waals surface area contributed by atoms with Gasteiger partial charge in [0.05, 0.1) is 0 Å². The Morgan fingerprint density at radius 2 is 1.73 bits per heavy atom. The van der Waals surface area contributed by atoms with Gasteiger partial charge in [0, 0.05) is 62.1 Å². The summed E-state index contributed by atoms with van der Waals surface area (Å²) in [6.45, 7) is 8.76. The van der Waals surface area contributed by atoms with E-state index in [-0.39, 0.29) is 17.6 Å². The molecule has 33 heavy (non-hydrogen) atoms. The molecule has 2 fully saturated rings. The number of halogens is 1. The number of anilines is 2. The second-order valence-electron chi connectivity index (χ2n) is 8.87. The van der Waals surface area contributed by atoms with Crippen molar-refractivity contribution in [3.63, 3.8) is 0 Å². The summed E-state index contributed by atoms with van der Waals surface area (Å²) in [5, 5.41) is 4.41. The van der Waals surface area contributed by atoms with E-state index in [4.69, 9.17) is 0 Å². The lowest BCUT2D eigenvalue weighted by molar-refractivity contribution is -0.136. The SMILES string of the molecule is CCc1c(C)nc2ncnn2c1N1CCC(C(=O)N2CCN(c3ccc(F)cc3)CC2)CC1. The fourth-order valence-electron chi connectivity index (χ4n) is 5.14. The van der Waals surface area contributed by atoms with E-state index in [2.05, 4.69) is 31.8 Å². The monoisotopic (exact) mass is 451 g/mol. The van der Waals surface area contributed by atoms with Crippen LogP contribution in [0.1, 0.15) is 31.0 Å². The molecule has 2 aliphatic heterocycles. The Kier molecular flexibility index (Phi) is 5.86. The van der Waals surface area contributed by atoms with Gasteiger partial charge in [-0.25, -0.2) is 9.37 Å². The molecule has 174 valence electrons. The van der Waals surface area contributed by atoms with Gasteiger partial charge in [0.25, 0.3) is 5.78 Å².